The molecule has 2 N–H and O–H groups in total. The van der Waals surface area contributed by atoms with E-state index in [0.717, 1.165) is 37.1 Å². The summed E-state index contributed by atoms with van der Waals surface area (Å²) >= 11 is 0. The predicted octanol–water partition coefficient (Wildman–Crippen LogP) is 1.82. The van der Waals surface area contributed by atoms with E-state index in [1.54, 1.807) is 0 Å². The van der Waals surface area contributed by atoms with Crippen LogP contribution in [0.4, 0.5) is 0 Å². The van der Waals surface area contributed by atoms with Gasteiger partial charge in [-0.3, -0.25) is 10.4 Å². The minimum atomic E-state index is -0.399. The SMILES string of the molecule is CC1=[N+](O)C(C)(C2(C)CCC(C)=[N+]2O)CC1. The number of hydroxylamine groups is 2. The highest BCUT2D eigenvalue weighted by Gasteiger charge is 2.68. The standard InChI is InChI=1S/C12H22N2O2/c1-9-5-7-11(3,13(9)15)12(4)8-6-10(2)14(12)16/h15-16H,5-8H2,1-4H3/q+2. The molecule has 0 fully saturated rings. The lowest BCUT2D eigenvalue weighted by Crippen LogP contribution is -2.59. The van der Waals surface area contributed by atoms with E-state index in [9.17, 15) is 10.4 Å². The molecule has 0 aromatic carbocycles. The van der Waals surface area contributed by atoms with Crippen molar-refractivity contribution in [3.8, 4) is 0 Å². The summed E-state index contributed by atoms with van der Waals surface area (Å²) in [7, 11) is 0. The average molecular weight is 226 g/mol. The minimum absolute atomic E-state index is 0.399. The number of hydrogen-bond donors (Lipinski definition) is 2. The first-order valence-corrected chi connectivity index (χ1v) is 5.96. The highest BCUT2D eigenvalue weighted by Crippen LogP contribution is 2.41. The molecular weight excluding hydrogens is 204 g/mol. The molecule has 0 radical (unpaired) electrons. The Bertz CT molecular complexity index is 362. The van der Waals surface area contributed by atoms with Gasteiger partial charge in [0.05, 0.1) is 0 Å². The fourth-order valence-electron chi connectivity index (χ4n) is 3.11. The van der Waals surface area contributed by atoms with E-state index >= 15 is 0 Å². The third-order valence-electron chi connectivity index (χ3n) is 4.77. The van der Waals surface area contributed by atoms with Gasteiger partial charge in [-0.2, -0.15) is 0 Å². The van der Waals surface area contributed by atoms with Crippen molar-refractivity contribution in [1.82, 2.24) is 0 Å². The summed E-state index contributed by atoms with van der Waals surface area (Å²) in [4.78, 5) is 0. The zero-order valence-electron chi connectivity index (χ0n) is 10.6. The van der Waals surface area contributed by atoms with Crippen LogP contribution in [-0.2, 0) is 0 Å². The van der Waals surface area contributed by atoms with Crippen LogP contribution >= 0.6 is 0 Å². The first-order valence-electron chi connectivity index (χ1n) is 5.96. The molecule has 4 nitrogen and oxygen atoms in total. The molecule has 4 heteroatoms. The molecule has 0 amide bonds. The van der Waals surface area contributed by atoms with Crippen LogP contribution in [0.15, 0.2) is 0 Å². The van der Waals surface area contributed by atoms with Crippen LogP contribution in [0.5, 0.6) is 0 Å². The molecule has 0 saturated carbocycles. The van der Waals surface area contributed by atoms with Crippen molar-refractivity contribution >= 4 is 11.4 Å². The van der Waals surface area contributed by atoms with E-state index in [1.165, 1.54) is 9.48 Å². The number of rotatable bonds is 1. The van der Waals surface area contributed by atoms with Gasteiger partial charge in [0.2, 0.25) is 11.4 Å². The topological polar surface area (TPSA) is 46.5 Å². The highest BCUT2D eigenvalue weighted by molar-refractivity contribution is 5.79. The van der Waals surface area contributed by atoms with Gasteiger partial charge in [-0.25, -0.2) is 0 Å². The predicted molar refractivity (Wildman–Crippen MR) is 60.7 cm³/mol. The van der Waals surface area contributed by atoms with Crippen LogP contribution in [0, 0.1) is 0 Å². The summed E-state index contributed by atoms with van der Waals surface area (Å²) in [6, 6.07) is 0. The maximum Gasteiger partial charge on any atom is 0.276 e. The summed E-state index contributed by atoms with van der Waals surface area (Å²) < 4.78 is 2.74. The third-order valence-corrected chi connectivity index (χ3v) is 4.77. The zero-order chi connectivity index (χ0) is 12.1. The van der Waals surface area contributed by atoms with Gasteiger partial charge < -0.3 is 0 Å². The molecule has 2 aliphatic heterocycles. The van der Waals surface area contributed by atoms with Crippen LogP contribution in [-0.4, -0.2) is 42.4 Å². The summed E-state index contributed by atoms with van der Waals surface area (Å²) in [5.74, 6) is 0. The second kappa shape index (κ2) is 3.22. The Balaban J connectivity index is 2.47. The van der Waals surface area contributed by atoms with Gasteiger partial charge in [-0.1, -0.05) is 0 Å². The number of nitrogens with zero attached hydrogens (tertiary/aromatic N) is 2. The second-order valence-electron chi connectivity index (χ2n) is 5.64. The molecule has 0 bridgehead atoms. The third kappa shape index (κ3) is 1.16. The molecule has 0 spiro atoms. The van der Waals surface area contributed by atoms with E-state index in [0.29, 0.717) is 0 Å². The molecule has 0 aliphatic carbocycles. The molecule has 2 atom stereocenters. The van der Waals surface area contributed by atoms with Crippen molar-refractivity contribution in [3.05, 3.63) is 0 Å². The van der Waals surface area contributed by atoms with Crippen molar-refractivity contribution < 1.29 is 19.9 Å². The Hall–Kier alpha value is -1.06. The second-order valence-corrected chi connectivity index (χ2v) is 5.64. The monoisotopic (exact) mass is 226 g/mol. The highest BCUT2D eigenvalue weighted by atomic mass is 16.5. The van der Waals surface area contributed by atoms with Crippen LogP contribution in [0.1, 0.15) is 53.4 Å². The minimum Gasteiger partial charge on any atom is -0.290 e. The number of hydrogen-bond acceptors (Lipinski definition) is 2. The lowest BCUT2D eigenvalue weighted by Gasteiger charge is -2.28. The van der Waals surface area contributed by atoms with Crippen molar-refractivity contribution in [2.75, 3.05) is 0 Å². The average Bonchev–Trinajstić information content (AvgIpc) is 2.67. The van der Waals surface area contributed by atoms with Crippen LogP contribution in [0.25, 0.3) is 0 Å². The molecule has 2 aliphatic rings. The van der Waals surface area contributed by atoms with Gasteiger partial charge >= 0.3 is 0 Å². The van der Waals surface area contributed by atoms with Crippen LogP contribution in [0.3, 0.4) is 0 Å². The van der Waals surface area contributed by atoms with E-state index in [2.05, 4.69) is 0 Å². The van der Waals surface area contributed by atoms with Gasteiger partial charge in [0, 0.05) is 53.4 Å². The van der Waals surface area contributed by atoms with Gasteiger partial charge in [-0.05, 0) is 9.48 Å². The molecule has 2 rings (SSSR count). The van der Waals surface area contributed by atoms with Crippen molar-refractivity contribution in [1.29, 1.82) is 0 Å². The van der Waals surface area contributed by atoms with Gasteiger partial charge in [0.15, 0.2) is 0 Å². The van der Waals surface area contributed by atoms with E-state index < -0.39 is 11.1 Å². The fourth-order valence-corrected chi connectivity index (χ4v) is 3.11. The Morgan fingerprint density at radius 3 is 1.38 bits per heavy atom. The summed E-state index contributed by atoms with van der Waals surface area (Å²) in [5, 5.41) is 20.4. The smallest absolute Gasteiger partial charge is 0.276 e. The van der Waals surface area contributed by atoms with Crippen molar-refractivity contribution in [3.63, 3.8) is 0 Å². The molecular formula is C12H22N2O2+2. The Kier molecular flexibility index (Phi) is 2.30. The van der Waals surface area contributed by atoms with Crippen molar-refractivity contribution in [2.24, 2.45) is 0 Å². The molecule has 90 valence electrons. The molecule has 2 unspecified atom stereocenters. The largest absolute Gasteiger partial charge is 0.290 e. The lowest BCUT2D eigenvalue weighted by molar-refractivity contribution is -0.898. The molecule has 0 saturated heterocycles. The van der Waals surface area contributed by atoms with Gasteiger partial charge in [0.1, 0.15) is 0 Å². The van der Waals surface area contributed by atoms with Gasteiger partial charge in [0.25, 0.3) is 11.1 Å². The Morgan fingerprint density at radius 2 is 1.19 bits per heavy atom. The van der Waals surface area contributed by atoms with E-state index in [4.69, 9.17) is 0 Å². The Labute approximate surface area is 96.4 Å². The summed E-state index contributed by atoms with van der Waals surface area (Å²) in [5.41, 5.74) is 1.18. The van der Waals surface area contributed by atoms with Crippen molar-refractivity contribution in [2.45, 2.75) is 64.5 Å². The van der Waals surface area contributed by atoms with Crippen LogP contribution < -0.4 is 0 Å². The zero-order valence-corrected chi connectivity index (χ0v) is 10.6. The van der Waals surface area contributed by atoms with E-state index in [-0.39, 0.29) is 0 Å². The van der Waals surface area contributed by atoms with Crippen LogP contribution in [0.2, 0.25) is 0 Å². The van der Waals surface area contributed by atoms with Gasteiger partial charge in [-0.15, -0.1) is 0 Å². The molecule has 0 aromatic heterocycles. The maximum atomic E-state index is 10.2. The lowest BCUT2D eigenvalue weighted by atomic mass is 9.76. The maximum absolute atomic E-state index is 10.2. The summed E-state index contributed by atoms with van der Waals surface area (Å²) in [6.07, 6.45) is 3.57. The first kappa shape index (κ1) is 11.4. The quantitative estimate of drug-likeness (QED) is 0.529. The first-order chi connectivity index (χ1) is 7.33. The molecule has 0 aromatic rings. The molecule has 2 heterocycles. The molecule has 16 heavy (non-hydrogen) atoms. The Morgan fingerprint density at radius 1 is 0.875 bits per heavy atom. The normalized spacial score (nSPS) is 40.0. The summed E-state index contributed by atoms with van der Waals surface area (Å²) in [6.45, 7) is 7.96. The van der Waals surface area contributed by atoms with E-state index in [1.807, 2.05) is 27.7 Å². The fraction of sp³-hybridized carbons (Fsp3) is 0.833.